The summed E-state index contributed by atoms with van der Waals surface area (Å²) >= 11 is 3.49. The van der Waals surface area contributed by atoms with Crippen LogP contribution in [-0.2, 0) is 27.3 Å². The van der Waals surface area contributed by atoms with Crippen LogP contribution < -0.4 is 15.1 Å². The third-order valence-electron chi connectivity index (χ3n) is 6.04. The number of nitrogens with one attached hydrogen (secondary N) is 1. The highest BCUT2D eigenvalue weighted by Crippen LogP contribution is 2.39. The van der Waals surface area contributed by atoms with Gasteiger partial charge in [-0.05, 0) is 23.3 Å². The van der Waals surface area contributed by atoms with Gasteiger partial charge >= 0.3 is 12.1 Å². The number of rotatable bonds is 5. The van der Waals surface area contributed by atoms with Crippen LogP contribution in [-0.4, -0.2) is 65.5 Å². The van der Waals surface area contributed by atoms with Gasteiger partial charge in [-0.1, -0.05) is 58.4 Å². The van der Waals surface area contributed by atoms with Crippen molar-refractivity contribution in [2.75, 3.05) is 41.4 Å². The molecular weight excluding hydrogens is 583 g/mol. The van der Waals surface area contributed by atoms with Crippen LogP contribution in [0.5, 0.6) is 0 Å². The second kappa shape index (κ2) is 12.4. The fourth-order valence-corrected chi connectivity index (χ4v) is 4.44. The van der Waals surface area contributed by atoms with Gasteiger partial charge in [0.15, 0.2) is 11.6 Å². The lowest BCUT2D eigenvalue weighted by molar-refractivity contribution is -0.192. The third-order valence-corrected chi connectivity index (χ3v) is 6.57. The highest BCUT2D eigenvalue weighted by Gasteiger charge is 2.38. The Kier molecular flexibility index (Phi) is 9.02. The van der Waals surface area contributed by atoms with Gasteiger partial charge in [0.05, 0.1) is 19.8 Å². The summed E-state index contributed by atoms with van der Waals surface area (Å²) in [5, 5.41) is 10.5. The van der Waals surface area contributed by atoms with Crippen molar-refractivity contribution in [2.45, 2.75) is 25.2 Å². The lowest BCUT2D eigenvalue weighted by Gasteiger charge is -2.38. The maximum absolute atomic E-state index is 13.8. The number of nitrogens with zero attached hydrogens (tertiary/aromatic N) is 4. The molecule has 2 aromatic carbocycles. The molecule has 3 heterocycles. The van der Waals surface area contributed by atoms with E-state index in [2.05, 4.69) is 36.1 Å². The van der Waals surface area contributed by atoms with Gasteiger partial charge in [-0.3, -0.25) is 9.69 Å². The largest absolute Gasteiger partial charge is 0.490 e. The molecule has 2 aliphatic rings. The Labute approximate surface area is 230 Å². The number of benzene rings is 2. The molecular formula is C26H25BrF3N5O4. The topological polar surface area (TPSA) is 108 Å². The Morgan fingerprint density at radius 2 is 1.69 bits per heavy atom. The molecule has 1 saturated heterocycles. The zero-order valence-electron chi connectivity index (χ0n) is 20.6. The molecule has 0 radical (unpaired) electrons. The van der Waals surface area contributed by atoms with E-state index in [4.69, 9.17) is 14.6 Å². The molecule has 1 aromatic heterocycles. The number of aromatic nitrogens is 2. The number of anilines is 3. The highest BCUT2D eigenvalue weighted by atomic mass is 79.9. The van der Waals surface area contributed by atoms with E-state index in [0.717, 1.165) is 40.2 Å². The highest BCUT2D eigenvalue weighted by molar-refractivity contribution is 9.10. The van der Waals surface area contributed by atoms with Crippen LogP contribution in [0.3, 0.4) is 0 Å². The summed E-state index contributed by atoms with van der Waals surface area (Å²) in [6.07, 6.45) is -2.92. The first-order chi connectivity index (χ1) is 18.6. The molecule has 39 heavy (non-hydrogen) atoms. The molecule has 5 rings (SSSR count). The summed E-state index contributed by atoms with van der Waals surface area (Å²) in [6, 6.07) is 17.7. The first kappa shape index (κ1) is 28.3. The van der Waals surface area contributed by atoms with E-state index in [0.29, 0.717) is 32.0 Å². The lowest BCUT2D eigenvalue weighted by atomic mass is 10.0. The van der Waals surface area contributed by atoms with Gasteiger partial charge in [0.2, 0.25) is 5.91 Å². The van der Waals surface area contributed by atoms with Crippen LogP contribution in [0.25, 0.3) is 0 Å². The average Bonchev–Trinajstić information content (AvgIpc) is 2.92. The standard InChI is InChI=1S/C24H24BrN5O2.C2HF3O2/c25-19-8-6-18(7-9-19)15-30-21-22(26-16-27-23(21)29-10-12-32-13-11-29)28-20(24(30)31)14-17-4-2-1-3-5-17;3-2(4,5)1(6)7/h1-9,16,20H,10-15H2,(H,26,27,28);(H,6,7). The van der Waals surface area contributed by atoms with E-state index in [1.54, 1.807) is 6.33 Å². The number of morpholine rings is 1. The molecule has 1 atom stereocenters. The smallest absolute Gasteiger partial charge is 0.475 e. The molecule has 1 unspecified atom stereocenters. The molecule has 0 aliphatic carbocycles. The maximum Gasteiger partial charge on any atom is 0.490 e. The number of alkyl halides is 3. The molecule has 1 fully saturated rings. The third kappa shape index (κ3) is 7.24. The van der Waals surface area contributed by atoms with E-state index < -0.39 is 18.2 Å². The second-order valence-electron chi connectivity index (χ2n) is 8.73. The number of carboxylic acids is 1. The fourth-order valence-electron chi connectivity index (χ4n) is 4.17. The number of amides is 1. The van der Waals surface area contributed by atoms with Crippen molar-refractivity contribution in [3.63, 3.8) is 0 Å². The van der Waals surface area contributed by atoms with Gasteiger partial charge in [-0.15, -0.1) is 0 Å². The van der Waals surface area contributed by atoms with Crippen molar-refractivity contribution in [3.05, 3.63) is 76.5 Å². The molecule has 3 aromatic rings. The summed E-state index contributed by atoms with van der Waals surface area (Å²) in [7, 11) is 0. The number of aliphatic carboxylic acids is 1. The zero-order valence-corrected chi connectivity index (χ0v) is 22.2. The molecule has 0 spiro atoms. The second-order valence-corrected chi connectivity index (χ2v) is 9.65. The number of hydrogen-bond acceptors (Lipinski definition) is 7. The molecule has 206 valence electrons. The fraction of sp³-hybridized carbons (Fsp3) is 0.308. The van der Waals surface area contributed by atoms with Gasteiger partial charge in [0, 0.05) is 24.0 Å². The first-order valence-electron chi connectivity index (χ1n) is 12.0. The van der Waals surface area contributed by atoms with E-state index >= 15 is 0 Å². The Morgan fingerprint density at radius 3 is 2.31 bits per heavy atom. The number of fused-ring (bicyclic) bond motifs is 1. The van der Waals surface area contributed by atoms with E-state index in [1.165, 1.54) is 0 Å². The average molecular weight is 608 g/mol. The van der Waals surface area contributed by atoms with Gasteiger partial charge in [-0.25, -0.2) is 14.8 Å². The molecule has 2 N–H and O–H groups in total. The van der Waals surface area contributed by atoms with Crippen LogP contribution in [0.2, 0.25) is 0 Å². The predicted octanol–water partition coefficient (Wildman–Crippen LogP) is 4.28. The van der Waals surface area contributed by atoms with E-state index in [-0.39, 0.29) is 5.91 Å². The quantitative estimate of drug-likeness (QED) is 0.442. The van der Waals surface area contributed by atoms with Gasteiger partial charge in [-0.2, -0.15) is 13.2 Å². The lowest BCUT2D eigenvalue weighted by Crippen LogP contribution is -2.49. The number of carboxylic acid groups (broad SMARTS) is 1. The van der Waals surface area contributed by atoms with Crippen molar-refractivity contribution < 1.29 is 32.6 Å². The van der Waals surface area contributed by atoms with Crippen LogP contribution in [0.4, 0.5) is 30.5 Å². The van der Waals surface area contributed by atoms with Crippen molar-refractivity contribution in [3.8, 4) is 0 Å². The summed E-state index contributed by atoms with van der Waals surface area (Å²) < 4.78 is 38.3. The maximum atomic E-state index is 13.8. The normalized spacial score (nSPS) is 17.0. The zero-order chi connectivity index (χ0) is 28.0. The van der Waals surface area contributed by atoms with Crippen molar-refractivity contribution >= 4 is 45.1 Å². The minimum atomic E-state index is -5.08. The number of halogens is 4. The van der Waals surface area contributed by atoms with E-state index in [9.17, 15) is 18.0 Å². The summed E-state index contributed by atoms with van der Waals surface area (Å²) in [6.45, 7) is 3.21. The van der Waals surface area contributed by atoms with Crippen LogP contribution in [0, 0.1) is 0 Å². The molecule has 0 saturated carbocycles. The number of ether oxygens (including phenoxy) is 1. The molecule has 1 amide bonds. The SMILES string of the molecule is O=C(O)C(F)(F)F.O=C1C(Cc2ccccc2)Nc2ncnc(N3CCOCC3)c2N1Cc1ccc(Br)cc1. The number of carbonyl (C=O) groups excluding carboxylic acids is 1. The van der Waals surface area contributed by atoms with Crippen molar-refractivity contribution in [1.82, 2.24) is 9.97 Å². The minimum absolute atomic E-state index is 0.0218. The van der Waals surface area contributed by atoms with Crippen molar-refractivity contribution in [2.24, 2.45) is 0 Å². The summed E-state index contributed by atoms with van der Waals surface area (Å²) in [5.41, 5.74) is 2.89. The Balaban J connectivity index is 0.000000448. The summed E-state index contributed by atoms with van der Waals surface area (Å²) in [5.74, 6) is -1.27. The Bertz CT molecular complexity index is 1290. The van der Waals surface area contributed by atoms with Crippen LogP contribution in [0.15, 0.2) is 65.4 Å². The number of hydrogen-bond donors (Lipinski definition) is 2. The number of carbonyl (C=O) groups is 2. The molecule has 0 bridgehead atoms. The van der Waals surface area contributed by atoms with Crippen LogP contribution >= 0.6 is 15.9 Å². The minimum Gasteiger partial charge on any atom is -0.475 e. The molecule has 9 nitrogen and oxygen atoms in total. The molecule has 2 aliphatic heterocycles. The van der Waals surface area contributed by atoms with Crippen LogP contribution in [0.1, 0.15) is 11.1 Å². The van der Waals surface area contributed by atoms with Crippen molar-refractivity contribution in [1.29, 1.82) is 0 Å². The summed E-state index contributed by atoms with van der Waals surface area (Å²) in [4.78, 5) is 35.8. The predicted molar refractivity (Wildman–Crippen MR) is 142 cm³/mol. The molecule has 13 heteroatoms. The monoisotopic (exact) mass is 607 g/mol. The van der Waals surface area contributed by atoms with E-state index in [1.807, 2.05) is 59.5 Å². The first-order valence-corrected chi connectivity index (χ1v) is 12.8. The Morgan fingerprint density at radius 1 is 1.05 bits per heavy atom. The van der Waals surface area contributed by atoms with Gasteiger partial charge in [0.25, 0.3) is 0 Å². The Hall–Kier alpha value is -3.71. The van der Waals surface area contributed by atoms with Gasteiger partial charge < -0.3 is 20.1 Å². The van der Waals surface area contributed by atoms with Gasteiger partial charge in [0.1, 0.15) is 18.1 Å².